The molecule has 3 aromatic heterocycles. The highest BCUT2D eigenvalue weighted by molar-refractivity contribution is 5.69. The zero-order valence-corrected chi connectivity index (χ0v) is 13.3. The minimum absolute atomic E-state index is 0.0230. The normalized spacial score (nSPS) is 17.4. The third-order valence-corrected chi connectivity index (χ3v) is 3.67. The number of hydrogen-bond acceptors (Lipinski definition) is 9. The molecule has 9 heteroatoms. The molecule has 1 saturated heterocycles. The van der Waals surface area contributed by atoms with E-state index in [4.69, 9.17) is 14.0 Å². The Kier molecular flexibility index (Phi) is 4.57. The van der Waals surface area contributed by atoms with Gasteiger partial charge in [0.25, 0.3) is 5.89 Å². The molecule has 25 heavy (non-hydrogen) atoms. The molecule has 3 aromatic rings. The predicted molar refractivity (Wildman–Crippen MR) is 87.6 cm³/mol. The minimum Gasteiger partial charge on any atom is -0.376 e. The quantitative estimate of drug-likeness (QED) is 0.737. The maximum absolute atomic E-state index is 5.62. The molecule has 0 spiro atoms. The van der Waals surface area contributed by atoms with Crippen LogP contribution in [0.2, 0.25) is 0 Å². The zero-order valence-electron chi connectivity index (χ0n) is 13.3. The first-order chi connectivity index (χ1) is 12.4. The summed E-state index contributed by atoms with van der Waals surface area (Å²) < 4.78 is 16.4. The molecule has 1 unspecified atom stereocenters. The van der Waals surface area contributed by atoms with Gasteiger partial charge in [-0.25, -0.2) is 9.97 Å². The van der Waals surface area contributed by atoms with Crippen molar-refractivity contribution in [1.29, 1.82) is 0 Å². The fourth-order valence-electron chi connectivity index (χ4n) is 2.44. The van der Waals surface area contributed by atoms with Gasteiger partial charge in [0.05, 0.1) is 25.9 Å². The maximum atomic E-state index is 5.62. The number of nitrogens with zero attached hydrogens (tertiary/aromatic N) is 5. The number of rotatable bonds is 5. The third kappa shape index (κ3) is 3.62. The van der Waals surface area contributed by atoms with Crippen molar-refractivity contribution < 1.29 is 14.0 Å². The van der Waals surface area contributed by atoms with Gasteiger partial charge >= 0.3 is 0 Å². The molecule has 4 heterocycles. The summed E-state index contributed by atoms with van der Waals surface area (Å²) >= 11 is 0. The van der Waals surface area contributed by atoms with E-state index in [9.17, 15) is 0 Å². The Hall–Kier alpha value is -2.91. The van der Waals surface area contributed by atoms with E-state index in [1.165, 1.54) is 6.33 Å². The lowest BCUT2D eigenvalue weighted by Crippen LogP contribution is -2.34. The monoisotopic (exact) mass is 340 g/mol. The summed E-state index contributed by atoms with van der Waals surface area (Å²) in [6, 6.07) is 3.68. The SMILES string of the molecule is c1cncc(-c2noc(-c3cncnc3NCC3COCCO3)n2)c1. The van der Waals surface area contributed by atoms with Crippen molar-refractivity contribution in [3.05, 3.63) is 37.1 Å². The van der Waals surface area contributed by atoms with Gasteiger partial charge in [-0.05, 0) is 12.1 Å². The molecular formula is C16H16N6O3. The summed E-state index contributed by atoms with van der Waals surface area (Å²) in [4.78, 5) is 16.8. The predicted octanol–water partition coefficient (Wildman–Crippen LogP) is 1.42. The van der Waals surface area contributed by atoms with Gasteiger partial charge in [-0.15, -0.1) is 0 Å². The van der Waals surface area contributed by atoms with Crippen molar-refractivity contribution in [3.8, 4) is 22.8 Å². The highest BCUT2D eigenvalue weighted by atomic mass is 16.6. The van der Waals surface area contributed by atoms with Crippen molar-refractivity contribution in [1.82, 2.24) is 25.1 Å². The first-order valence-electron chi connectivity index (χ1n) is 7.88. The summed E-state index contributed by atoms with van der Waals surface area (Å²) in [5.74, 6) is 1.40. The first kappa shape index (κ1) is 15.6. The van der Waals surface area contributed by atoms with Crippen LogP contribution in [0.3, 0.4) is 0 Å². The largest absolute Gasteiger partial charge is 0.376 e. The van der Waals surface area contributed by atoms with Gasteiger partial charge in [-0.2, -0.15) is 4.98 Å². The van der Waals surface area contributed by atoms with E-state index in [0.717, 1.165) is 5.56 Å². The Morgan fingerprint density at radius 2 is 2.20 bits per heavy atom. The van der Waals surface area contributed by atoms with Crippen LogP contribution in [0.4, 0.5) is 5.82 Å². The second-order valence-electron chi connectivity index (χ2n) is 5.40. The highest BCUT2D eigenvalue weighted by Crippen LogP contribution is 2.26. The van der Waals surface area contributed by atoms with Crippen LogP contribution >= 0.6 is 0 Å². The smallest absolute Gasteiger partial charge is 0.263 e. The number of nitrogens with one attached hydrogen (secondary N) is 1. The van der Waals surface area contributed by atoms with E-state index in [1.807, 2.05) is 12.1 Å². The van der Waals surface area contributed by atoms with E-state index >= 15 is 0 Å². The van der Waals surface area contributed by atoms with E-state index in [0.29, 0.717) is 49.5 Å². The van der Waals surface area contributed by atoms with Crippen LogP contribution in [0.15, 0.2) is 41.6 Å². The Balaban J connectivity index is 1.53. The first-order valence-corrected chi connectivity index (χ1v) is 7.88. The molecule has 9 nitrogen and oxygen atoms in total. The van der Waals surface area contributed by atoms with Crippen molar-refractivity contribution in [2.24, 2.45) is 0 Å². The van der Waals surface area contributed by atoms with Crippen molar-refractivity contribution >= 4 is 5.82 Å². The lowest BCUT2D eigenvalue weighted by atomic mass is 10.2. The number of ether oxygens (including phenoxy) is 2. The number of pyridine rings is 1. The van der Waals surface area contributed by atoms with Crippen molar-refractivity contribution in [2.75, 3.05) is 31.7 Å². The Morgan fingerprint density at radius 3 is 3.04 bits per heavy atom. The van der Waals surface area contributed by atoms with Gasteiger partial charge in [0, 0.05) is 30.7 Å². The van der Waals surface area contributed by atoms with Crippen LogP contribution in [0.25, 0.3) is 22.8 Å². The molecule has 1 fully saturated rings. The molecule has 0 aliphatic carbocycles. The molecule has 1 atom stereocenters. The molecule has 1 N–H and O–H groups in total. The molecule has 128 valence electrons. The molecule has 0 radical (unpaired) electrons. The lowest BCUT2D eigenvalue weighted by Gasteiger charge is -2.23. The number of anilines is 1. The second-order valence-corrected chi connectivity index (χ2v) is 5.40. The van der Waals surface area contributed by atoms with Gasteiger partial charge < -0.3 is 19.3 Å². The van der Waals surface area contributed by atoms with E-state index in [-0.39, 0.29) is 6.10 Å². The fraction of sp³-hybridized carbons (Fsp3) is 0.312. The summed E-state index contributed by atoms with van der Waals surface area (Å²) in [5.41, 5.74) is 1.40. The molecule has 0 aromatic carbocycles. The van der Waals surface area contributed by atoms with Gasteiger partial charge in [-0.3, -0.25) is 4.98 Å². The Bertz CT molecular complexity index is 820. The van der Waals surface area contributed by atoms with Gasteiger partial charge in [0.2, 0.25) is 5.82 Å². The average molecular weight is 340 g/mol. The maximum Gasteiger partial charge on any atom is 0.263 e. The zero-order chi connectivity index (χ0) is 16.9. The van der Waals surface area contributed by atoms with E-state index < -0.39 is 0 Å². The standard InChI is InChI=1S/C16H16N6O3/c1-2-11(6-17-3-1)14-21-16(25-22-14)13-8-18-10-20-15(13)19-7-12-9-23-4-5-24-12/h1-3,6,8,10,12H,4-5,7,9H2,(H,18,19,20). The number of hydrogen-bond donors (Lipinski definition) is 1. The molecule has 1 aliphatic rings. The van der Waals surface area contributed by atoms with Crippen LogP contribution < -0.4 is 5.32 Å². The second kappa shape index (κ2) is 7.32. The third-order valence-electron chi connectivity index (χ3n) is 3.67. The van der Waals surface area contributed by atoms with Gasteiger partial charge in [0.15, 0.2) is 0 Å². The van der Waals surface area contributed by atoms with Crippen LogP contribution in [0.1, 0.15) is 0 Å². The van der Waals surface area contributed by atoms with Crippen LogP contribution in [0, 0.1) is 0 Å². The van der Waals surface area contributed by atoms with Gasteiger partial charge in [-0.1, -0.05) is 5.16 Å². The van der Waals surface area contributed by atoms with Crippen molar-refractivity contribution in [3.63, 3.8) is 0 Å². The Morgan fingerprint density at radius 1 is 1.20 bits per heavy atom. The summed E-state index contributed by atoms with van der Waals surface area (Å²) in [6.45, 7) is 2.35. The molecule has 0 amide bonds. The lowest BCUT2D eigenvalue weighted by molar-refractivity contribution is -0.0819. The molecule has 0 saturated carbocycles. The molecule has 4 rings (SSSR count). The molecule has 1 aliphatic heterocycles. The molecule has 0 bridgehead atoms. The number of aromatic nitrogens is 5. The fourth-order valence-corrected chi connectivity index (χ4v) is 2.44. The van der Waals surface area contributed by atoms with E-state index in [2.05, 4.69) is 30.4 Å². The summed E-state index contributed by atoms with van der Waals surface area (Å²) in [7, 11) is 0. The highest BCUT2D eigenvalue weighted by Gasteiger charge is 2.18. The van der Waals surface area contributed by atoms with Crippen molar-refractivity contribution in [2.45, 2.75) is 6.10 Å². The Labute approximate surface area is 143 Å². The van der Waals surface area contributed by atoms with Crippen LogP contribution in [-0.4, -0.2) is 57.6 Å². The van der Waals surface area contributed by atoms with Gasteiger partial charge in [0.1, 0.15) is 17.7 Å². The van der Waals surface area contributed by atoms with Crippen LogP contribution in [0.5, 0.6) is 0 Å². The molecular weight excluding hydrogens is 324 g/mol. The average Bonchev–Trinajstić information content (AvgIpc) is 3.18. The van der Waals surface area contributed by atoms with Crippen LogP contribution in [-0.2, 0) is 9.47 Å². The topological polar surface area (TPSA) is 108 Å². The van der Waals surface area contributed by atoms with E-state index in [1.54, 1.807) is 18.6 Å². The minimum atomic E-state index is -0.0230. The summed E-state index contributed by atoms with van der Waals surface area (Å²) in [6.07, 6.45) is 6.44. The summed E-state index contributed by atoms with van der Waals surface area (Å²) in [5, 5.41) is 7.23.